The normalized spacial score (nSPS) is 16.1. The smallest absolute Gasteiger partial charge is 0.497 e. The molecule has 3 aliphatic rings. The third kappa shape index (κ3) is 16.0. The first kappa shape index (κ1) is 63.1. The van der Waals surface area contributed by atoms with E-state index in [1.165, 1.54) is 13.9 Å². The van der Waals surface area contributed by atoms with E-state index in [1.54, 1.807) is 106 Å². The maximum Gasteiger partial charge on any atom is 0.737 e. The number of carbonyl (C=O) groups is 5. The van der Waals surface area contributed by atoms with Gasteiger partial charge in [0.15, 0.2) is 29.1 Å². The largest absolute Gasteiger partial charge is 0.737 e. The van der Waals surface area contributed by atoms with Crippen molar-refractivity contribution >= 4 is 59.6 Å². The number of rotatable bonds is 32. The summed E-state index contributed by atoms with van der Waals surface area (Å²) in [5.41, 5.74) is 26.5. The lowest BCUT2D eigenvalue weighted by Gasteiger charge is -2.33. The quantitative estimate of drug-likeness (QED) is 0.0154. The van der Waals surface area contributed by atoms with Gasteiger partial charge in [-0.05, 0) is 149 Å². The Morgan fingerprint density at radius 2 is 1.39 bits per heavy atom. The van der Waals surface area contributed by atoms with E-state index in [9.17, 15) is 28.4 Å². The fourth-order valence-electron chi connectivity index (χ4n) is 10.9. The standard InChI is InChI=1S/C58H79BF3N15O7/c1-37(2)53(55(81)70-45(16-11-32-68-58(65)66)56(82)75-34-12-17-50(75)54(80)69-44(51(78)35-60)15-10-31-67-57(63)64)71-52(79)18-6-5-9-33-74-36-40(72-73-74)13-7-8-14-43-48-29-27-46(38-19-23-41(83-3)24-20-38)76(48)59(61,62)77-47(28-30-49(43)77)39-21-25-42(84-4)26-22-39/h19-30,36-37,44-45,50,53H,5-18,31-35H2,1-4H3,(H,69,80)(H,70,81)(H,71,79)(H4,63,64,67)(H4,65,66,68)/t44-,45-,50-,53-/m0/s1. The van der Waals surface area contributed by atoms with E-state index in [4.69, 9.17) is 32.4 Å². The van der Waals surface area contributed by atoms with Crippen molar-refractivity contribution < 1.29 is 51.0 Å². The zero-order valence-corrected chi connectivity index (χ0v) is 48.3. The Morgan fingerprint density at radius 1 is 0.762 bits per heavy atom. The van der Waals surface area contributed by atoms with Crippen molar-refractivity contribution in [3.05, 3.63) is 102 Å². The maximum absolute atomic E-state index is 17.2. The van der Waals surface area contributed by atoms with Crippen molar-refractivity contribution in [2.24, 2.45) is 38.8 Å². The average Bonchev–Trinajstić information content (AvgIpc) is 2.27. The number of amides is 4. The molecule has 0 saturated carbocycles. The molecule has 452 valence electrons. The molecular formula is C58H79BF3N15O7. The Balaban J connectivity index is 0.902. The lowest BCUT2D eigenvalue weighted by atomic mass is 9.85. The lowest BCUT2D eigenvalue weighted by Crippen LogP contribution is -2.58. The van der Waals surface area contributed by atoms with Crippen LogP contribution in [-0.2, 0) is 36.9 Å². The molecule has 2 aromatic heterocycles. The number of Topliss-reactive ketones (excluding diaryl/α,β-unsaturated/α-hetero) is 1. The number of carbonyl (C=O) groups excluding carboxylic acids is 5. The number of aryl methyl sites for hydroxylation is 2. The average molecular weight is 1170 g/mol. The zero-order chi connectivity index (χ0) is 60.5. The molecule has 0 aliphatic carbocycles. The summed E-state index contributed by atoms with van der Waals surface area (Å²) in [6, 6.07) is 13.5. The Labute approximate surface area is 487 Å². The topological polar surface area (TPSA) is 311 Å². The molecule has 0 unspecified atom stereocenters. The highest BCUT2D eigenvalue weighted by Gasteiger charge is 2.54. The maximum atomic E-state index is 17.2. The van der Waals surface area contributed by atoms with Gasteiger partial charge in [-0.2, -0.15) is 0 Å². The summed E-state index contributed by atoms with van der Waals surface area (Å²) in [5.74, 6) is -2.33. The van der Waals surface area contributed by atoms with Crippen molar-refractivity contribution in [2.75, 3.05) is 40.5 Å². The number of alkyl halides is 1. The van der Waals surface area contributed by atoms with Crippen molar-refractivity contribution in [3.63, 3.8) is 0 Å². The number of nitrogens with two attached hydrogens (primary N) is 4. The van der Waals surface area contributed by atoms with Gasteiger partial charge in [-0.25, -0.2) is 4.39 Å². The van der Waals surface area contributed by atoms with Gasteiger partial charge in [0.05, 0.1) is 26.0 Å². The van der Waals surface area contributed by atoms with Crippen LogP contribution in [0.3, 0.4) is 0 Å². The minimum absolute atomic E-state index is 0.0710. The third-order valence-corrected chi connectivity index (χ3v) is 15.3. The number of nitrogens with zero attached hydrogens (tertiary/aromatic N) is 8. The molecule has 1 fully saturated rings. The van der Waals surface area contributed by atoms with Crippen LogP contribution < -0.4 is 48.4 Å². The predicted octanol–water partition coefficient (Wildman–Crippen LogP) is 4.50. The molecule has 22 nitrogen and oxygen atoms in total. The number of guanidine groups is 2. The Morgan fingerprint density at radius 3 is 2.02 bits per heavy atom. The first-order chi connectivity index (χ1) is 40.3. The van der Waals surface area contributed by atoms with Crippen LogP contribution in [0, 0.1) is 5.92 Å². The minimum atomic E-state index is -4.32. The summed E-state index contributed by atoms with van der Waals surface area (Å²) in [4.78, 5) is 76.8. The van der Waals surface area contributed by atoms with Gasteiger partial charge in [-0.15, -0.1) is 5.10 Å². The van der Waals surface area contributed by atoms with Crippen LogP contribution in [0.15, 0.2) is 94.7 Å². The van der Waals surface area contributed by atoms with Crippen molar-refractivity contribution in [1.29, 1.82) is 0 Å². The fraction of sp³-hybridized carbons (Fsp3) is 0.483. The molecule has 4 atom stereocenters. The Kier molecular flexibility index (Phi) is 22.3. The van der Waals surface area contributed by atoms with Gasteiger partial charge in [-0.3, -0.25) is 38.6 Å². The summed E-state index contributed by atoms with van der Waals surface area (Å²) in [7, 11) is 3.13. The van der Waals surface area contributed by atoms with Crippen LogP contribution >= 0.6 is 0 Å². The second kappa shape index (κ2) is 29.7. The van der Waals surface area contributed by atoms with E-state index in [0.29, 0.717) is 103 Å². The molecule has 1 saturated heterocycles. The molecule has 4 aromatic rings. The number of allylic oxidation sites excluding steroid dienone is 3. The second-order valence-corrected chi connectivity index (χ2v) is 21.6. The van der Waals surface area contributed by atoms with E-state index >= 15 is 8.63 Å². The molecule has 26 heteroatoms. The van der Waals surface area contributed by atoms with E-state index in [0.717, 1.165) is 17.7 Å². The first-order valence-corrected chi connectivity index (χ1v) is 28.7. The minimum Gasteiger partial charge on any atom is -0.497 e. The molecule has 7 rings (SSSR count). The summed E-state index contributed by atoms with van der Waals surface area (Å²) >= 11 is 0. The summed E-state index contributed by atoms with van der Waals surface area (Å²) in [5, 5.41) is 17.0. The molecule has 11 N–H and O–H groups in total. The van der Waals surface area contributed by atoms with E-state index < -0.39 is 61.3 Å². The highest BCUT2D eigenvalue weighted by Crippen LogP contribution is 2.43. The number of halogens is 3. The number of nitrogens with one attached hydrogen (secondary N) is 3. The number of fused-ring (bicyclic) bond motifs is 2. The molecule has 3 aliphatic heterocycles. The summed E-state index contributed by atoms with van der Waals surface area (Å²) in [6.07, 6.45) is 11.6. The number of aromatic nitrogens is 4. The van der Waals surface area contributed by atoms with Gasteiger partial charge in [0, 0.05) is 73.5 Å². The van der Waals surface area contributed by atoms with Crippen LogP contribution in [0.4, 0.5) is 13.0 Å². The van der Waals surface area contributed by atoms with E-state index in [1.807, 2.05) is 6.20 Å². The van der Waals surface area contributed by atoms with Crippen LogP contribution in [0.2, 0.25) is 0 Å². The van der Waals surface area contributed by atoms with Gasteiger partial charge in [0.1, 0.15) is 36.3 Å². The van der Waals surface area contributed by atoms with Gasteiger partial charge in [0.2, 0.25) is 23.6 Å². The highest BCUT2D eigenvalue weighted by atomic mass is 19.2. The molecule has 0 spiro atoms. The zero-order valence-electron chi connectivity index (χ0n) is 48.3. The number of aliphatic imine (C=N–C) groups is 2. The van der Waals surface area contributed by atoms with Crippen LogP contribution in [0.25, 0.3) is 16.8 Å². The number of likely N-dealkylation sites (tertiary alicyclic amines) is 1. The van der Waals surface area contributed by atoms with E-state index in [-0.39, 0.29) is 75.5 Å². The monoisotopic (exact) mass is 1170 g/mol. The van der Waals surface area contributed by atoms with Crippen LogP contribution in [0.1, 0.15) is 114 Å². The Hall–Kier alpha value is -8.45. The molecule has 0 bridgehead atoms. The first-order valence-electron chi connectivity index (χ1n) is 28.7. The predicted molar refractivity (Wildman–Crippen MR) is 315 cm³/mol. The van der Waals surface area contributed by atoms with Gasteiger partial charge >= 0.3 is 6.97 Å². The van der Waals surface area contributed by atoms with Gasteiger partial charge < -0.3 is 70.9 Å². The molecule has 2 aromatic carbocycles. The van der Waals surface area contributed by atoms with Crippen LogP contribution in [-0.4, -0.2) is 148 Å². The number of benzene rings is 2. The second-order valence-electron chi connectivity index (χ2n) is 21.6. The van der Waals surface area contributed by atoms with Crippen molar-refractivity contribution in [1.82, 2.24) is 40.3 Å². The number of hydrogen-bond donors (Lipinski definition) is 7. The lowest BCUT2D eigenvalue weighted by molar-refractivity contribution is -0.361. The van der Waals surface area contributed by atoms with Crippen molar-refractivity contribution in [3.8, 4) is 22.8 Å². The van der Waals surface area contributed by atoms with Gasteiger partial charge in [-0.1, -0.05) is 25.5 Å². The molecular weight excluding hydrogens is 1090 g/mol. The summed E-state index contributed by atoms with van der Waals surface area (Å²) < 4.78 is 62.7. The molecule has 4 amide bonds. The highest BCUT2D eigenvalue weighted by molar-refractivity contribution is 6.59. The Bertz CT molecular complexity index is 3110. The van der Waals surface area contributed by atoms with Crippen molar-refractivity contribution in [2.45, 2.75) is 134 Å². The van der Waals surface area contributed by atoms with Crippen LogP contribution in [0.5, 0.6) is 11.5 Å². The SMILES string of the molecule is COc1ccc(C2=[N+]3C(=C(CCCCc4cn(CCCCCC(=O)N[C@H](C(=O)N[C@@H](CCCN=C(N)N)C(=O)N5CCC[C@H]5C(=O)N[C@@H](CCCN=C(N)N)C(=O)CF)C(C)C)nn4)c4ccc(-c5ccc(OC)cc5)n4[B-]3(F)F)C=C2)cc1. The molecule has 0 radical (unpaired) electrons. The van der Waals surface area contributed by atoms with Gasteiger partial charge in [0.25, 0.3) is 0 Å². The number of hydrogen-bond acceptors (Lipinski definition) is 11. The molecule has 5 heterocycles. The summed E-state index contributed by atoms with van der Waals surface area (Å²) in [6.45, 7) is -0.994. The number of ether oxygens (including phenoxy) is 2. The number of methoxy groups -OCH3 is 2. The molecule has 84 heavy (non-hydrogen) atoms. The number of unbranched alkanes of at least 4 members (excludes halogenated alkanes) is 3. The third-order valence-electron chi connectivity index (χ3n) is 15.3. The number of ketones is 1. The van der Waals surface area contributed by atoms with E-state index in [2.05, 4.69) is 36.2 Å². The fourth-order valence-corrected chi connectivity index (χ4v) is 10.9.